The van der Waals surface area contributed by atoms with Crippen LogP contribution in [-0.2, 0) is 19.1 Å². The number of nitrogens with one attached hydrogen (secondary N) is 2. The van der Waals surface area contributed by atoms with E-state index in [1.165, 1.54) is 23.9 Å². The maximum Gasteiger partial charge on any atom is 0.338 e. The predicted octanol–water partition coefficient (Wildman–Crippen LogP) is 6.01. The number of carbonyl (C=O) groups is 5. The fraction of sp³-hybridized carbons (Fsp3) is 0.139. The van der Waals surface area contributed by atoms with E-state index < -0.39 is 23.0 Å². The minimum absolute atomic E-state index is 0.00535. The highest BCUT2D eigenvalue weighted by Gasteiger charge is 2.40. The molecule has 1 aliphatic heterocycles. The fourth-order valence-electron chi connectivity index (χ4n) is 4.81. The van der Waals surface area contributed by atoms with Gasteiger partial charge in [-0.25, -0.2) is 9.69 Å². The van der Waals surface area contributed by atoms with Gasteiger partial charge < -0.3 is 15.4 Å². The van der Waals surface area contributed by atoms with Crippen molar-refractivity contribution in [2.45, 2.75) is 30.4 Å². The summed E-state index contributed by atoms with van der Waals surface area (Å²) in [7, 11) is 0. The number of hydrogen-bond donors (Lipinski definition) is 2. The Hall–Kier alpha value is -5.48. The zero-order chi connectivity index (χ0) is 32.6. The molecule has 2 N–H and O–H groups in total. The molecule has 0 aliphatic carbocycles. The topological polar surface area (TPSA) is 122 Å². The van der Waals surface area contributed by atoms with Gasteiger partial charge in [-0.05, 0) is 80.1 Å². The maximum atomic E-state index is 13.5. The first kappa shape index (κ1) is 31.9. The first-order valence-corrected chi connectivity index (χ1v) is 15.5. The molecule has 1 fully saturated rings. The van der Waals surface area contributed by atoms with Crippen LogP contribution in [0.1, 0.15) is 45.2 Å². The van der Waals surface area contributed by atoms with Crippen LogP contribution < -0.4 is 15.5 Å². The van der Waals surface area contributed by atoms with Crippen molar-refractivity contribution in [3.05, 3.63) is 131 Å². The van der Waals surface area contributed by atoms with Gasteiger partial charge in [0.15, 0.2) is 0 Å². The van der Waals surface area contributed by atoms with E-state index >= 15 is 0 Å². The molecule has 0 radical (unpaired) electrons. The van der Waals surface area contributed by atoms with E-state index in [1.54, 1.807) is 79.7 Å². The van der Waals surface area contributed by atoms with Crippen molar-refractivity contribution >= 4 is 58.8 Å². The van der Waals surface area contributed by atoms with Crippen molar-refractivity contribution in [3.8, 4) is 0 Å². The molecule has 4 amide bonds. The lowest BCUT2D eigenvalue weighted by molar-refractivity contribution is -0.121. The van der Waals surface area contributed by atoms with Gasteiger partial charge in [-0.1, -0.05) is 54.1 Å². The standard InChI is InChI=1S/C36H31N3O6S/c1-3-45-36(44)26-15-17-28(18-16-26)39-32(40)22-31(35(39)43)46-29-14-8-13-27(21-29)37-34(42)30(20-24-10-7-9-23(2)19-24)38-33(41)25-11-5-4-6-12-25/h4-21,31H,3,22H2,1-2H3,(H,37,42)(H,38,41)/b30-20-. The molecule has 9 nitrogen and oxygen atoms in total. The highest BCUT2D eigenvalue weighted by molar-refractivity contribution is 8.00. The first-order valence-electron chi connectivity index (χ1n) is 14.6. The van der Waals surface area contributed by atoms with Crippen LogP contribution in [-0.4, -0.2) is 41.5 Å². The molecular formula is C36H31N3O6S. The predicted molar refractivity (Wildman–Crippen MR) is 177 cm³/mol. The zero-order valence-corrected chi connectivity index (χ0v) is 26.0. The summed E-state index contributed by atoms with van der Waals surface area (Å²) in [6.45, 7) is 3.89. The normalized spacial score (nSPS) is 14.6. The Labute approximate surface area is 270 Å². The molecule has 10 heteroatoms. The van der Waals surface area contributed by atoms with E-state index in [0.29, 0.717) is 27.4 Å². The number of carbonyl (C=O) groups excluding carboxylic acids is 5. The number of nitrogens with zero attached hydrogens (tertiary/aromatic N) is 1. The van der Waals surface area contributed by atoms with E-state index in [1.807, 2.05) is 31.2 Å². The molecule has 5 rings (SSSR count). The molecule has 1 atom stereocenters. The number of aryl methyl sites for hydroxylation is 1. The van der Waals surface area contributed by atoms with Crippen LogP contribution in [0.4, 0.5) is 11.4 Å². The highest BCUT2D eigenvalue weighted by Crippen LogP contribution is 2.35. The molecule has 0 saturated carbocycles. The second-order valence-electron chi connectivity index (χ2n) is 10.4. The lowest BCUT2D eigenvalue weighted by atomic mass is 10.1. The third-order valence-electron chi connectivity index (χ3n) is 6.99. The van der Waals surface area contributed by atoms with Crippen molar-refractivity contribution in [1.82, 2.24) is 5.32 Å². The highest BCUT2D eigenvalue weighted by atomic mass is 32.2. The summed E-state index contributed by atoms with van der Waals surface area (Å²) in [5, 5.41) is 4.90. The largest absolute Gasteiger partial charge is 0.462 e. The van der Waals surface area contributed by atoms with Crippen molar-refractivity contribution in [2.75, 3.05) is 16.8 Å². The van der Waals surface area contributed by atoms with Gasteiger partial charge in [0.2, 0.25) is 11.8 Å². The van der Waals surface area contributed by atoms with E-state index in [-0.39, 0.29) is 30.5 Å². The molecule has 1 saturated heterocycles. The molecular weight excluding hydrogens is 602 g/mol. The summed E-state index contributed by atoms with van der Waals surface area (Å²) >= 11 is 1.22. The van der Waals surface area contributed by atoms with Crippen molar-refractivity contribution in [3.63, 3.8) is 0 Å². The monoisotopic (exact) mass is 633 g/mol. The zero-order valence-electron chi connectivity index (χ0n) is 25.2. The third-order valence-corrected chi connectivity index (χ3v) is 8.17. The number of hydrogen-bond acceptors (Lipinski definition) is 7. The van der Waals surface area contributed by atoms with Crippen LogP contribution >= 0.6 is 11.8 Å². The van der Waals surface area contributed by atoms with E-state index in [0.717, 1.165) is 16.0 Å². The summed E-state index contributed by atoms with van der Waals surface area (Å²) in [4.78, 5) is 66.3. The molecule has 4 aromatic rings. The minimum atomic E-state index is -0.676. The third kappa shape index (κ3) is 7.77. The van der Waals surface area contributed by atoms with Crippen molar-refractivity contribution < 1.29 is 28.7 Å². The molecule has 0 bridgehead atoms. The molecule has 0 spiro atoms. The summed E-state index contributed by atoms with van der Waals surface area (Å²) in [5.41, 5.74) is 3.35. The maximum absolute atomic E-state index is 13.5. The van der Waals surface area contributed by atoms with E-state index in [4.69, 9.17) is 4.74 Å². The van der Waals surface area contributed by atoms with Crippen LogP contribution in [0, 0.1) is 6.92 Å². The van der Waals surface area contributed by atoms with Crippen molar-refractivity contribution in [2.24, 2.45) is 0 Å². The molecule has 4 aromatic carbocycles. The van der Waals surface area contributed by atoms with Gasteiger partial charge in [0.05, 0.1) is 23.1 Å². The second-order valence-corrected chi connectivity index (χ2v) is 11.7. The summed E-state index contributed by atoms with van der Waals surface area (Å²) in [6.07, 6.45) is 1.60. The summed E-state index contributed by atoms with van der Waals surface area (Å²) in [5.74, 6) is -2.16. The number of ether oxygens (including phenoxy) is 1. The molecule has 232 valence electrons. The number of rotatable bonds is 10. The van der Waals surface area contributed by atoms with Crippen LogP contribution in [0.3, 0.4) is 0 Å². The van der Waals surface area contributed by atoms with E-state index in [2.05, 4.69) is 10.6 Å². The lowest BCUT2D eigenvalue weighted by Crippen LogP contribution is -2.31. The van der Waals surface area contributed by atoms with Crippen LogP contribution in [0.25, 0.3) is 6.08 Å². The van der Waals surface area contributed by atoms with Gasteiger partial charge in [0, 0.05) is 22.6 Å². The number of amides is 4. The first-order chi connectivity index (χ1) is 22.2. The SMILES string of the molecule is CCOC(=O)c1ccc(N2C(=O)CC(Sc3cccc(NC(=O)/C(=C/c4cccc(C)c4)NC(=O)c4ccccc4)c3)C2=O)cc1. The Kier molecular flexibility index (Phi) is 10.1. The second kappa shape index (κ2) is 14.5. The van der Waals surface area contributed by atoms with Crippen LogP contribution in [0.15, 0.2) is 114 Å². The number of anilines is 2. The van der Waals surface area contributed by atoms with Gasteiger partial charge in [-0.15, -0.1) is 11.8 Å². The lowest BCUT2D eigenvalue weighted by Gasteiger charge is -2.16. The Bertz CT molecular complexity index is 1820. The molecule has 1 unspecified atom stereocenters. The van der Waals surface area contributed by atoms with E-state index in [9.17, 15) is 24.0 Å². The average molecular weight is 634 g/mol. The Morgan fingerprint density at radius 3 is 2.35 bits per heavy atom. The Morgan fingerprint density at radius 1 is 0.891 bits per heavy atom. The number of thioether (sulfide) groups is 1. The minimum Gasteiger partial charge on any atom is -0.462 e. The van der Waals surface area contributed by atoms with Crippen molar-refractivity contribution in [1.29, 1.82) is 0 Å². The summed E-state index contributed by atoms with van der Waals surface area (Å²) in [6, 6.07) is 29.2. The number of esters is 1. The van der Waals surface area contributed by atoms with Gasteiger partial charge in [-0.3, -0.25) is 19.2 Å². The summed E-state index contributed by atoms with van der Waals surface area (Å²) < 4.78 is 4.99. The Balaban J connectivity index is 1.30. The molecule has 1 aliphatic rings. The molecule has 46 heavy (non-hydrogen) atoms. The number of imide groups is 1. The van der Waals surface area contributed by atoms with Gasteiger partial charge >= 0.3 is 5.97 Å². The van der Waals surface area contributed by atoms with Gasteiger partial charge in [0.1, 0.15) is 5.70 Å². The molecule has 1 heterocycles. The molecule has 0 aromatic heterocycles. The van der Waals surface area contributed by atoms with Gasteiger partial charge in [-0.2, -0.15) is 0 Å². The Morgan fingerprint density at radius 2 is 1.63 bits per heavy atom. The number of benzene rings is 4. The average Bonchev–Trinajstić information content (AvgIpc) is 3.33. The van der Waals surface area contributed by atoms with Crippen LogP contribution in [0.2, 0.25) is 0 Å². The fourth-order valence-corrected chi connectivity index (χ4v) is 5.92. The quantitative estimate of drug-likeness (QED) is 0.125. The van der Waals surface area contributed by atoms with Crippen LogP contribution in [0.5, 0.6) is 0 Å². The smallest absolute Gasteiger partial charge is 0.338 e. The van der Waals surface area contributed by atoms with Gasteiger partial charge in [0.25, 0.3) is 11.8 Å².